The number of piperidine rings is 1. The minimum Gasteiger partial charge on any atom is -0.341 e. The summed E-state index contributed by atoms with van der Waals surface area (Å²) in [5.41, 5.74) is 2.47. The van der Waals surface area contributed by atoms with E-state index in [9.17, 15) is 18.4 Å². The summed E-state index contributed by atoms with van der Waals surface area (Å²) in [6.07, 6.45) is 1.36. The summed E-state index contributed by atoms with van der Waals surface area (Å²) in [5.74, 6) is -2.17. The van der Waals surface area contributed by atoms with Crippen molar-refractivity contribution in [1.82, 2.24) is 9.55 Å². The molecule has 3 heterocycles. The first-order chi connectivity index (χ1) is 16.4. The number of halogens is 2. The third kappa shape index (κ3) is 4.19. The largest absolute Gasteiger partial charge is 0.341 e. The highest BCUT2D eigenvalue weighted by Gasteiger charge is 2.29. The number of nitrogens with one attached hydrogen (secondary N) is 1. The number of aromatic nitrogens is 2. The van der Waals surface area contributed by atoms with Crippen LogP contribution in [0.4, 0.5) is 20.4 Å². The molecule has 5 rings (SSSR count). The van der Waals surface area contributed by atoms with Gasteiger partial charge in [-0.05, 0) is 55.5 Å². The van der Waals surface area contributed by atoms with Gasteiger partial charge < -0.3 is 10.2 Å². The van der Waals surface area contributed by atoms with Gasteiger partial charge in [0.2, 0.25) is 11.9 Å². The van der Waals surface area contributed by atoms with Gasteiger partial charge in [0.15, 0.2) is 11.6 Å². The SMILES string of the molecule is Cc1ccc(-n2c(N3CCC[C@H](C(=O)Nc4ccc(F)c(F)c4)C3)nc3ccsc3c2=O)cc1. The Morgan fingerprint density at radius 1 is 1.12 bits per heavy atom. The molecule has 0 aliphatic carbocycles. The topological polar surface area (TPSA) is 67.2 Å². The lowest BCUT2D eigenvalue weighted by Gasteiger charge is -2.34. The Bertz CT molecular complexity index is 1430. The zero-order valence-electron chi connectivity index (χ0n) is 18.4. The van der Waals surface area contributed by atoms with Gasteiger partial charge in [-0.2, -0.15) is 0 Å². The normalized spacial score (nSPS) is 16.1. The number of carbonyl (C=O) groups is 1. The van der Waals surface area contributed by atoms with E-state index in [1.165, 1.54) is 17.4 Å². The molecule has 34 heavy (non-hydrogen) atoms. The van der Waals surface area contributed by atoms with Gasteiger partial charge in [-0.3, -0.25) is 9.59 Å². The van der Waals surface area contributed by atoms with Crippen molar-refractivity contribution in [2.75, 3.05) is 23.3 Å². The molecule has 0 bridgehead atoms. The van der Waals surface area contributed by atoms with Crippen LogP contribution in [0.1, 0.15) is 18.4 Å². The summed E-state index contributed by atoms with van der Waals surface area (Å²) in [4.78, 5) is 33.1. The van der Waals surface area contributed by atoms with Crippen molar-refractivity contribution in [2.24, 2.45) is 5.92 Å². The summed E-state index contributed by atoms with van der Waals surface area (Å²) in [6, 6.07) is 12.8. The number of nitrogens with zero attached hydrogens (tertiary/aromatic N) is 3. The van der Waals surface area contributed by atoms with Crippen LogP contribution in [0.2, 0.25) is 0 Å². The molecule has 4 aromatic rings. The minimum absolute atomic E-state index is 0.146. The van der Waals surface area contributed by atoms with Crippen molar-refractivity contribution in [3.8, 4) is 5.69 Å². The van der Waals surface area contributed by atoms with E-state index in [0.717, 1.165) is 24.1 Å². The van der Waals surface area contributed by atoms with Gasteiger partial charge in [0.25, 0.3) is 5.56 Å². The van der Waals surface area contributed by atoms with E-state index in [-0.39, 0.29) is 17.2 Å². The molecule has 1 aliphatic heterocycles. The van der Waals surface area contributed by atoms with Gasteiger partial charge in [0.1, 0.15) is 4.70 Å². The van der Waals surface area contributed by atoms with E-state index < -0.39 is 17.6 Å². The number of aryl methyl sites for hydroxylation is 1. The lowest BCUT2D eigenvalue weighted by molar-refractivity contribution is -0.120. The van der Waals surface area contributed by atoms with Crippen LogP contribution < -0.4 is 15.8 Å². The molecule has 6 nitrogen and oxygen atoms in total. The summed E-state index contributed by atoms with van der Waals surface area (Å²) in [5, 5.41) is 4.53. The molecule has 9 heteroatoms. The van der Waals surface area contributed by atoms with E-state index in [0.29, 0.717) is 41.4 Å². The number of benzene rings is 2. The van der Waals surface area contributed by atoms with Crippen LogP contribution in [0, 0.1) is 24.5 Å². The van der Waals surface area contributed by atoms with Crippen molar-refractivity contribution in [2.45, 2.75) is 19.8 Å². The van der Waals surface area contributed by atoms with Crippen LogP contribution in [0.3, 0.4) is 0 Å². The lowest BCUT2D eigenvalue weighted by atomic mass is 9.97. The number of amides is 1. The quantitative estimate of drug-likeness (QED) is 0.452. The van der Waals surface area contributed by atoms with Crippen molar-refractivity contribution in [3.05, 3.63) is 81.5 Å². The van der Waals surface area contributed by atoms with Crippen molar-refractivity contribution >= 4 is 39.1 Å². The smallest absolute Gasteiger partial charge is 0.277 e. The number of fused-ring (bicyclic) bond motifs is 1. The summed E-state index contributed by atoms with van der Waals surface area (Å²) >= 11 is 1.35. The fourth-order valence-electron chi connectivity index (χ4n) is 4.23. The molecular weight excluding hydrogens is 458 g/mol. The van der Waals surface area contributed by atoms with E-state index in [4.69, 9.17) is 4.98 Å². The van der Waals surface area contributed by atoms with Gasteiger partial charge in [-0.25, -0.2) is 18.3 Å². The Balaban J connectivity index is 1.47. The average molecular weight is 481 g/mol. The highest BCUT2D eigenvalue weighted by atomic mass is 32.1. The van der Waals surface area contributed by atoms with Crippen LogP contribution in [-0.2, 0) is 4.79 Å². The van der Waals surface area contributed by atoms with Gasteiger partial charge in [0.05, 0.1) is 17.1 Å². The average Bonchev–Trinajstić information content (AvgIpc) is 3.31. The molecule has 1 aliphatic rings. The Morgan fingerprint density at radius 3 is 2.68 bits per heavy atom. The van der Waals surface area contributed by atoms with E-state index in [1.54, 1.807) is 4.57 Å². The summed E-state index contributed by atoms with van der Waals surface area (Å²) < 4.78 is 29.0. The predicted molar refractivity (Wildman–Crippen MR) is 130 cm³/mol. The molecule has 1 N–H and O–H groups in total. The molecule has 0 unspecified atom stereocenters. The van der Waals surface area contributed by atoms with Gasteiger partial charge >= 0.3 is 0 Å². The van der Waals surface area contributed by atoms with Crippen LogP contribution in [-0.4, -0.2) is 28.5 Å². The van der Waals surface area contributed by atoms with Gasteiger partial charge in [-0.15, -0.1) is 11.3 Å². The molecule has 1 fully saturated rings. The number of carbonyl (C=O) groups excluding carboxylic acids is 1. The highest BCUT2D eigenvalue weighted by molar-refractivity contribution is 7.17. The summed E-state index contributed by atoms with van der Waals surface area (Å²) in [6.45, 7) is 2.97. The Labute approximate surface area is 198 Å². The molecule has 1 saturated heterocycles. The van der Waals surface area contributed by atoms with Crippen molar-refractivity contribution < 1.29 is 13.6 Å². The van der Waals surface area contributed by atoms with Gasteiger partial charge in [-0.1, -0.05) is 17.7 Å². The third-order valence-electron chi connectivity index (χ3n) is 6.02. The van der Waals surface area contributed by atoms with Crippen LogP contribution in [0.15, 0.2) is 58.7 Å². The molecule has 0 saturated carbocycles. The van der Waals surface area contributed by atoms with E-state index in [1.807, 2.05) is 47.5 Å². The molecule has 0 spiro atoms. The maximum Gasteiger partial charge on any atom is 0.277 e. The number of rotatable bonds is 4. The predicted octanol–water partition coefficient (Wildman–Crippen LogP) is 4.89. The zero-order chi connectivity index (χ0) is 23.8. The standard InChI is InChI=1S/C25H22F2N4O2S/c1-15-4-7-18(8-5-15)31-24(33)22-21(10-12-34-22)29-25(31)30-11-2-3-16(14-30)23(32)28-17-6-9-19(26)20(27)13-17/h4-10,12-13,16H,2-3,11,14H2,1H3,(H,28,32)/t16-/m0/s1. The minimum atomic E-state index is -1.02. The monoisotopic (exact) mass is 480 g/mol. The van der Waals surface area contributed by atoms with Crippen LogP contribution >= 0.6 is 11.3 Å². The maximum absolute atomic E-state index is 13.6. The first-order valence-electron chi connectivity index (χ1n) is 11.0. The second-order valence-corrected chi connectivity index (χ2v) is 9.34. The molecule has 0 radical (unpaired) electrons. The van der Waals surface area contributed by atoms with Crippen LogP contribution in [0.25, 0.3) is 15.9 Å². The summed E-state index contributed by atoms with van der Waals surface area (Å²) in [7, 11) is 0. The van der Waals surface area contributed by atoms with Gasteiger partial charge in [0, 0.05) is 24.8 Å². The maximum atomic E-state index is 13.6. The Morgan fingerprint density at radius 2 is 1.91 bits per heavy atom. The molecule has 1 amide bonds. The first-order valence-corrected chi connectivity index (χ1v) is 11.9. The molecule has 174 valence electrons. The Hall–Kier alpha value is -3.59. The lowest BCUT2D eigenvalue weighted by Crippen LogP contribution is -2.43. The number of anilines is 2. The zero-order valence-corrected chi connectivity index (χ0v) is 19.2. The first kappa shape index (κ1) is 22.2. The third-order valence-corrected chi connectivity index (χ3v) is 6.91. The molecule has 2 aromatic heterocycles. The van der Waals surface area contributed by atoms with E-state index in [2.05, 4.69) is 5.32 Å². The second kappa shape index (κ2) is 8.98. The molecule has 1 atom stereocenters. The molecule has 2 aromatic carbocycles. The highest BCUT2D eigenvalue weighted by Crippen LogP contribution is 2.27. The van der Waals surface area contributed by atoms with Crippen molar-refractivity contribution in [1.29, 1.82) is 0 Å². The second-order valence-electron chi connectivity index (χ2n) is 8.43. The fraction of sp³-hybridized carbons (Fsp3) is 0.240. The van der Waals surface area contributed by atoms with Crippen LogP contribution in [0.5, 0.6) is 0 Å². The fourth-order valence-corrected chi connectivity index (χ4v) is 4.99. The van der Waals surface area contributed by atoms with Crippen molar-refractivity contribution in [3.63, 3.8) is 0 Å². The number of hydrogen-bond acceptors (Lipinski definition) is 5. The van der Waals surface area contributed by atoms with E-state index >= 15 is 0 Å². The molecular formula is C25H22F2N4O2S. The number of hydrogen-bond donors (Lipinski definition) is 1. The Kier molecular flexibility index (Phi) is 5.87. The number of thiophene rings is 1.